The van der Waals surface area contributed by atoms with Crippen LogP contribution in [0.2, 0.25) is 0 Å². The van der Waals surface area contributed by atoms with E-state index in [2.05, 4.69) is 9.97 Å². The maximum Gasteiger partial charge on any atom is 0.337 e. The first-order valence-electron chi connectivity index (χ1n) is 13.4. The molecule has 5 rings (SSSR count). The molecule has 0 bridgehead atoms. The smallest absolute Gasteiger partial charge is 0.337 e. The molecule has 2 aromatic heterocycles. The van der Waals surface area contributed by atoms with Gasteiger partial charge in [-0.2, -0.15) is 0 Å². The van der Waals surface area contributed by atoms with E-state index in [1.807, 2.05) is 59.2 Å². The van der Waals surface area contributed by atoms with Crippen molar-refractivity contribution >= 4 is 17.1 Å². The first-order valence-corrected chi connectivity index (χ1v) is 13.4. The lowest BCUT2D eigenvalue weighted by Crippen LogP contribution is -2.23. The van der Waals surface area contributed by atoms with Crippen molar-refractivity contribution in [2.75, 3.05) is 7.11 Å². The number of benzene rings is 2. The van der Waals surface area contributed by atoms with Crippen LogP contribution in [0.3, 0.4) is 0 Å². The van der Waals surface area contributed by atoms with Crippen molar-refractivity contribution in [3.05, 3.63) is 98.0 Å². The van der Waals surface area contributed by atoms with Gasteiger partial charge in [-0.3, -0.25) is 14.8 Å². The Kier molecular flexibility index (Phi) is 7.86. The summed E-state index contributed by atoms with van der Waals surface area (Å²) < 4.78 is 6.77. The van der Waals surface area contributed by atoms with Gasteiger partial charge < -0.3 is 9.30 Å². The number of esters is 1. The Bertz CT molecular complexity index is 1500. The van der Waals surface area contributed by atoms with E-state index in [-0.39, 0.29) is 5.97 Å². The minimum Gasteiger partial charge on any atom is -0.465 e. The van der Waals surface area contributed by atoms with Crippen LogP contribution in [-0.2, 0) is 24.1 Å². The van der Waals surface area contributed by atoms with Crippen molar-refractivity contribution in [2.45, 2.75) is 57.9 Å². The van der Waals surface area contributed by atoms with Gasteiger partial charge in [-0.25, -0.2) is 14.6 Å². The minimum atomic E-state index is -0.541. The highest BCUT2D eigenvalue weighted by molar-refractivity contribution is 5.89. The van der Waals surface area contributed by atoms with Gasteiger partial charge in [0.15, 0.2) is 11.2 Å². The lowest BCUT2D eigenvalue weighted by molar-refractivity contribution is 0.0600. The van der Waals surface area contributed by atoms with E-state index in [0.717, 1.165) is 37.1 Å². The molecule has 38 heavy (non-hydrogen) atoms. The summed E-state index contributed by atoms with van der Waals surface area (Å²) in [6.07, 6.45) is 8.74. The number of aryl methyl sites for hydroxylation is 2. The zero-order valence-corrected chi connectivity index (χ0v) is 21.7. The van der Waals surface area contributed by atoms with Crippen LogP contribution >= 0.6 is 0 Å². The highest BCUT2D eigenvalue weighted by atomic mass is 16.5. The highest BCUT2D eigenvalue weighted by Gasteiger charge is 2.26. The van der Waals surface area contributed by atoms with Crippen molar-refractivity contribution in [1.29, 1.82) is 0 Å². The average Bonchev–Trinajstić information content (AvgIpc) is 3.58. The third-order valence-corrected chi connectivity index (χ3v) is 7.89. The quantitative estimate of drug-likeness (QED) is 0.300. The molecule has 1 saturated carbocycles. The number of nitrogens with zero attached hydrogens (tertiary/aromatic N) is 2. The Morgan fingerprint density at radius 1 is 0.974 bits per heavy atom. The minimum absolute atomic E-state index is 0.320. The molecule has 0 spiro atoms. The monoisotopic (exact) mass is 514 g/mol. The largest absolute Gasteiger partial charge is 0.465 e. The van der Waals surface area contributed by atoms with Crippen LogP contribution in [0, 0.1) is 11.8 Å². The number of carbonyl (C=O) groups excluding carboxylic acids is 1. The number of fused-ring (bicyclic) bond motifs is 1. The molecule has 1 aliphatic rings. The number of H-pyrrole nitrogens is 2. The molecule has 8 nitrogen and oxygen atoms in total. The molecule has 2 aromatic carbocycles. The van der Waals surface area contributed by atoms with Gasteiger partial charge in [-0.15, -0.1) is 0 Å². The number of nitrogens with one attached hydrogen (secondary N) is 2. The van der Waals surface area contributed by atoms with E-state index in [1.165, 1.54) is 38.4 Å². The molecule has 1 fully saturated rings. The standard InChI is InChI=1S/C30H34N4O4/c1-38-29(36)24-15-12-20(13-16-24)11-14-23(22-9-5-6-10-22)17-18-25-31-27-26(28(35)33-30(37)32-27)34(25)19-21-7-3-2-4-8-21/h2-4,7-8,12-13,15-16,22-23H,5-6,9-11,14,17-19H2,1H3,(H2,32,33,35,37). The number of aromatic nitrogens is 4. The molecule has 0 amide bonds. The Balaban J connectivity index is 1.36. The molecule has 0 aliphatic heterocycles. The van der Waals surface area contributed by atoms with Crippen LogP contribution in [-0.4, -0.2) is 32.6 Å². The number of methoxy groups -OCH3 is 1. The molecule has 0 saturated heterocycles. The van der Waals surface area contributed by atoms with Crippen molar-refractivity contribution in [3.63, 3.8) is 0 Å². The number of ether oxygens (including phenoxy) is 1. The summed E-state index contributed by atoms with van der Waals surface area (Å²) in [6.45, 7) is 0.516. The topological polar surface area (TPSA) is 110 Å². The van der Waals surface area contributed by atoms with E-state index >= 15 is 0 Å². The zero-order valence-electron chi connectivity index (χ0n) is 21.7. The Labute approximate surface area is 221 Å². The van der Waals surface area contributed by atoms with E-state index in [0.29, 0.717) is 35.1 Å². The predicted molar refractivity (Wildman–Crippen MR) is 146 cm³/mol. The van der Waals surface area contributed by atoms with Crippen molar-refractivity contribution in [1.82, 2.24) is 19.5 Å². The Morgan fingerprint density at radius 2 is 1.68 bits per heavy atom. The molecule has 2 heterocycles. The molecule has 2 N–H and O–H groups in total. The van der Waals surface area contributed by atoms with Crippen molar-refractivity contribution < 1.29 is 9.53 Å². The second-order valence-electron chi connectivity index (χ2n) is 10.3. The molecule has 198 valence electrons. The van der Waals surface area contributed by atoms with Gasteiger partial charge in [0.2, 0.25) is 0 Å². The van der Waals surface area contributed by atoms with Gasteiger partial charge in [-0.05, 0) is 54.4 Å². The average molecular weight is 515 g/mol. The van der Waals surface area contributed by atoms with E-state index in [9.17, 15) is 14.4 Å². The number of rotatable bonds is 10. The summed E-state index contributed by atoms with van der Waals surface area (Å²) in [6, 6.07) is 17.7. The molecule has 1 aliphatic carbocycles. The van der Waals surface area contributed by atoms with Gasteiger partial charge in [0, 0.05) is 13.0 Å². The Morgan fingerprint density at radius 3 is 2.39 bits per heavy atom. The molecule has 1 atom stereocenters. The van der Waals surface area contributed by atoms with Crippen LogP contribution in [0.5, 0.6) is 0 Å². The number of carbonyl (C=O) groups is 1. The first-order chi connectivity index (χ1) is 18.5. The second kappa shape index (κ2) is 11.6. The maximum atomic E-state index is 12.8. The summed E-state index contributed by atoms with van der Waals surface area (Å²) in [5, 5.41) is 0. The predicted octanol–water partition coefficient (Wildman–Crippen LogP) is 4.62. The highest BCUT2D eigenvalue weighted by Crippen LogP contribution is 2.36. The van der Waals surface area contributed by atoms with E-state index < -0.39 is 11.2 Å². The van der Waals surface area contributed by atoms with Gasteiger partial charge in [-0.1, -0.05) is 68.1 Å². The van der Waals surface area contributed by atoms with Gasteiger partial charge >= 0.3 is 11.7 Å². The van der Waals surface area contributed by atoms with Crippen molar-refractivity contribution in [3.8, 4) is 0 Å². The van der Waals surface area contributed by atoms with Crippen LogP contribution in [0.25, 0.3) is 11.2 Å². The fourth-order valence-electron chi connectivity index (χ4n) is 5.88. The fraction of sp³-hybridized carbons (Fsp3) is 0.400. The third-order valence-electron chi connectivity index (χ3n) is 7.89. The first kappa shape index (κ1) is 25.7. The molecule has 4 aromatic rings. The molecular weight excluding hydrogens is 480 g/mol. The number of hydrogen-bond donors (Lipinski definition) is 2. The lowest BCUT2D eigenvalue weighted by atomic mass is 9.82. The summed E-state index contributed by atoms with van der Waals surface area (Å²) in [5.41, 5.74) is 2.64. The van der Waals surface area contributed by atoms with Gasteiger partial charge in [0.05, 0.1) is 12.7 Å². The van der Waals surface area contributed by atoms with E-state index in [1.54, 1.807) is 0 Å². The van der Waals surface area contributed by atoms with Gasteiger partial charge in [0.25, 0.3) is 5.56 Å². The molecule has 0 radical (unpaired) electrons. The maximum absolute atomic E-state index is 12.8. The third kappa shape index (κ3) is 5.79. The lowest BCUT2D eigenvalue weighted by Gasteiger charge is -2.24. The number of hydrogen-bond acceptors (Lipinski definition) is 5. The fourth-order valence-corrected chi connectivity index (χ4v) is 5.88. The van der Waals surface area contributed by atoms with Crippen molar-refractivity contribution in [2.24, 2.45) is 11.8 Å². The normalized spacial score (nSPS) is 14.7. The van der Waals surface area contributed by atoms with Crippen LogP contribution in [0.1, 0.15) is 65.8 Å². The summed E-state index contributed by atoms with van der Waals surface area (Å²) in [5.74, 6) is 1.71. The van der Waals surface area contributed by atoms with Gasteiger partial charge in [0.1, 0.15) is 5.82 Å². The molecular formula is C30H34N4O4. The second-order valence-corrected chi connectivity index (χ2v) is 10.3. The zero-order chi connectivity index (χ0) is 26.5. The Hall–Kier alpha value is -3.94. The summed E-state index contributed by atoms with van der Waals surface area (Å²) in [4.78, 5) is 46.2. The molecule has 8 heteroatoms. The number of aromatic amines is 2. The van der Waals surface area contributed by atoms with Crippen LogP contribution in [0.4, 0.5) is 0 Å². The van der Waals surface area contributed by atoms with Crippen LogP contribution < -0.4 is 11.2 Å². The number of imidazole rings is 1. The molecule has 1 unspecified atom stereocenters. The van der Waals surface area contributed by atoms with Crippen LogP contribution in [0.15, 0.2) is 64.2 Å². The summed E-state index contributed by atoms with van der Waals surface area (Å²) in [7, 11) is 1.39. The van der Waals surface area contributed by atoms with E-state index in [4.69, 9.17) is 9.72 Å². The SMILES string of the molecule is COC(=O)c1ccc(CCC(CCc2nc3[nH]c(=O)[nH]c(=O)c3n2Cc2ccccc2)C2CCCC2)cc1. The summed E-state index contributed by atoms with van der Waals surface area (Å²) >= 11 is 0.